The number of hydrogen-bond donors (Lipinski definition) is 0. The molecule has 2 atom stereocenters. The number of benzene rings is 3. The Kier molecular flexibility index (Phi) is 3.91. The molecule has 1 fully saturated rings. The molecule has 3 aromatic rings. The summed E-state index contributed by atoms with van der Waals surface area (Å²) in [5.74, 6) is -0.948. The molecule has 2 amide bonds. The lowest BCUT2D eigenvalue weighted by atomic mass is 9.54. The molecule has 0 aromatic heterocycles. The normalized spacial score (nSPS) is 30.1. The number of rotatable bonds is 2. The van der Waals surface area contributed by atoms with Crippen molar-refractivity contribution in [1.29, 1.82) is 0 Å². The molecule has 6 heteroatoms. The highest BCUT2D eigenvalue weighted by atomic mass is 79.9. The van der Waals surface area contributed by atoms with Gasteiger partial charge in [0.1, 0.15) is 5.75 Å². The maximum absolute atomic E-state index is 13.9. The molecular formula is C25H17Br2NO3. The van der Waals surface area contributed by atoms with Crippen molar-refractivity contribution < 1.29 is 14.3 Å². The standard InChI is InChI=1S/C25H17Br2NO3/c1-31-15-8-6-7-14(13-15)28-22(29)20-21(23(28)30)25(27)17-10-3-2-9-16(17)24(20,26)18-11-4-5-12-19(18)25/h2-13,20-21H,1H3/t20-,21+,24?,25?. The predicted molar refractivity (Wildman–Crippen MR) is 125 cm³/mol. The number of amides is 2. The van der Waals surface area contributed by atoms with Crippen LogP contribution in [0.4, 0.5) is 5.69 Å². The lowest BCUT2D eigenvalue weighted by molar-refractivity contribution is -0.122. The zero-order valence-electron chi connectivity index (χ0n) is 16.5. The molecular weight excluding hydrogens is 522 g/mol. The van der Waals surface area contributed by atoms with Gasteiger partial charge < -0.3 is 4.74 Å². The zero-order chi connectivity index (χ0) is 21.5. The number of carbonyl (C=O) groups excluding carboxylic acids is 2. The number of halogens is 2. The molecule has 2 bridgehead atoms. The summed E-state index contributed by atoms with van der Waals surface area (Å²) in [4.78, 5) is 29.2. The molecule has 31 heavy (non-hydrogen) atoms. The first kappa shape index (κ1) is 19.3. The van der Waals surface area contributed by atoms with Crippen molar-refractivity contribution in [1.82, 2.24) is 0 Å². The van der Waals surface area contributed by atoms with Gasteiger partial charge in [0.15, 0.2) is 0 Å². The van der Waals surface area contributed by atoms with Crippen molar-refractivity contribution in [3.63, 3.8) is 0 Å². The second-order valence-electron chi connectivity index (χ2n) is 8.18. The van der Waals surface area contributed by atoms with E-state index in [-0.39, 0.29) is 11.8 Å². The average Bonchev–Trinajstić information content (AvgIpc) is 3.08. The number of methoxy groups -OCH3 is 1. The van der Waals surface area contributed by atoms with Gasteiger partial charge in [-0.05, 0) is 34.4 Å². The minimum Gasteiger partial charge on any atom is -0.497 e. The van der Waals surface area contributed by atoms with Crippen LogP contribution < -0.4 is 9.64 Å². The lowest BCUT2D eigenvalue weighted by Gasteiger charge is -2.55. The van der Waals surface area contributed by atoms with E-state index in [4.69, 9.17) is 4.74 Å². The van der Waals surface area contributed by atoms with Gasteiger partial charge in [-0.3, -0.25) is 9.59 Å². The fraction of sp³-hybridized carbons (Fsp3) is 0.200. The first-order valence-electron chi connectivity index (χ1n) is 10.0. The van der Waals surface area contributed by atoms with Gasteiger partial charge in [-0.1, -0.05) is 86.5 Å². The van der Waals surface area contributed by atoms with E-state index in [9.17, 15) is 9.59 Å². The van der Waals surface area contributed by atoms with Crippen LogP contribution >= 0.6 is 31.9 Å². The highest BCUT2D eigenvalue weighted by Gasteiger charge is 2.72. The summed E-state index contributed by atoms with van der Waals surface area (Å²) in [6.45, 7) is 0. The van der Waals surface area contributed by atoms with Gasteiger partial charge >= 0.3 is 0 Å². The van der Waals surface area contributed by atoms with Gasteiger partial charge in [-0.25, -0.2) is 4.90 Å². The van der Waals surface area contributed by atoms with Gasteiger partial charge in [-0.15, -0.1) is 0 Å². The highest BCUT2D eigenvalue weighted by Crippen LogP contribution is 2.70. The molecule has 3 aromatic carbocycles. The molecule has 0 spiro atoms. The third-order valence-electron chi connectivity index (χ3n) is 6.90. The smallest absolute Gasteiger partial charge is 0.239 e. The number of hydrogen-bond acceptors (Lipinski definition) is 3. The van der Waals surface area contributed by atoms with Gasteiger partial charge in [0.05, 0.1) is 33.3 Å². The molecule has 7 rings (SSSR count). The third kappa shape index (κ3) is 2.15. The monoisotopic (exact) mass is 537 g/mol. The topological polar surface area (TPSA) is 46.6 Å². The summed E-state index contributed by atoms with van der Waals surface area (Å²) in [5.41, 5.74) is 4.64. The van der Waals surface area contributed by atoms with Crippen molar-refractivity contribution in [2.45, 2.75) is 8.65 Å². The van der Waals surface area contributed by atoms with Crippen LogP contribution in [-0.4, -0.2) is 18.9 Å². The van der Waals surface area contributed by atoms with E-state index in [1.807, 2.05) is 24.3 Å². The minimum absolute atomic E-state index is 0.201. The maximum atomic E-state index is 13.9. The van der Waals surface area contributed by atoms with Crippen LogP contribution in [0.15, 0.2) is 72.8 Å². The molecule has 4 aliphatic rings. The van der Waals surface area contributed by atoms with Crippen LogP contribution in [0.5, 0.6) is 5.75 Å². The van der Waals surface area contributed by atoms with E-state index in [1.165, 1.54) is 4.90 Å². The minimum atomic E-state index is -0.777. The van der Waals surface area contributed by atoms with Gasteiger partial charge in [-0.2, -0.15) is 0 Å². The number of carbonyl (C=O) groups is 2. The number of alkyl halides is 2. The van der Waals surface area contributed by atoms with E-state index in [1.54, 1.807) is 31.4 Å². The Morgan fingerprint density at radius 2 is 1.19 bits per heavy atom. The predicted octanol–water partition coefficient (Wildman–Crippen LogP) is 5.11. The van der Waals surface area contributed by atoms with Crippen LogP contribution in [0.1, 0.15) is 22.3 Å². The third-order valence-corrected chi connectivity index (χ3v) is 9.59. The Hall–Kier alpha value is -2.44. The van der Waals surface area contributed by atoms with E-state index in [0.29, 0.717) is 11.4 Å². The number of nitrogens with zero attached hydrogens (tertiary/aromatic N) is 1. The summed E-state index contributed by atoms with van der Waals surface area (Å²) in [6, 6.07) is 23.3. The molecule has 1 aliphatic heterocycles. The molecule has 0 unspecified atom stereocenters. The van der Waals surface area contributed by atoms with Crippen molar-refractivity contribution in [3.05, 3.63) is 95.1 Å². The van der Waals surface area contributed by atoms with Crippen LogP contribution in [-0.2, 0) is 18.2 Å². The van der Waals surface area contributed by atoms with Gasteiger partial charge in [0, 0.05) is 6.07 Å². The summed E-state index contributed by atoms with van der Waals surface area (Å²) in [6.07, 6.45) is 0. The largest absolute Gasteiger partial charge is 0.497 e. The highest BCUT2D eigenvalue weighted by molar-refractivity contribution is 9.10. The molecule has 3 aliphatic carbocycles. The first-order chi connectivity index (χ1) is 14.9. The SMILES string of the molecule is COc1cccc(N2C(=O)[C@@H]3[C@H](C2=O)C2(Br)c4ccccc4C3(Br)c3ccccc32)c1. The fourth-order valence-corrected chi connectivity index (χ4v) is 7.97. The van der Waals surface area contributed by atoms with E-state index < -0.39 is 20.5 Å². The second kappa shape index (κ2) is 6.30. The molecule has 1 heterocycles. The molecule has 154 valence electrons. The molecule has 0 N–H and O–H groups in total. The Bertz CT molecular complexity index is 1170. The van der Waals surface area contributed by atoms with Crippen molar-refractivity contribution in [3.8, 4) is 5.75 Å². The van der Waals surface area contributed by atoms with Crippen molar-refractivity contribution >= 4 is 49.4 Å². The summed E-state index contributed by atoms with van der Waals surface area (Å²) in [7, 11) is 1.57. The lowest BCUT2D eigenvalue weighted by Crippen LogP contribution is -2.56. The van der Waals surface area contributed by atoms with Gasteiger partial charge in [0.2, 0.25) is 11.8 Å². The summed E-state index contributed by atoms with van der Waals surface area (Å²) in [5, 5.41) is 0. The van der Waals surface area contributed by atoms with E-state index in [2.05, 4.69) is 56.1 Å². The molecule has 4 nitrogen and oxygen atoms in total. The van der Waals surface area contributed by atoms with Crippen LogP contribution in [0.3, 0.4) is 0 Å². The molecule has 0 radical (unpaired) electrons. The van der Waals surface area contributed by atoms with Crippen LogP contribution in [0.25, 0.3) is 0 Å². The zero-order valence-corrected chi connectivity index (χ0v) is 19.7. The van der Waals surface area contributed by atoms with Gasteiger partial charge in [0.25, 0.3) is 0 Å². The molecule has 0 saturated carbocycles. The Balaban J connectivity index is 1.64. The number of anilines is 1. The Morgan fingerprint density at radius 1 is 0.742 bits per heavy atom. The summed E-state index contributed by atoms with van der Waals surface area (Å²) >= 11 is 8.02. The van der Waals surface area contributed by atoms with Crippen molar-refractivity contribution in [2.75, 3.05) is 12.0 Å². The van der Waals surface area contributed by atoms with E-state index >= 15 is 0 Å². The quantitative estimate of drug-likeness (QED) is 0.336. The average molecular weight is 539 g/mol. The van der Waals surface area contributed by atoms with Crippen LogP contribution in [0.2, 0.25) is 0 Å². The Labute approximate surface area is 196 Å². The first-order valence-corrected chi connectivity index (χ1v) is 11.6. The maximum Gasteiger partial charge on any atom is 0.239 e. The number of imide groups is 1. The fourth-order valence-electron chi connectivity index (χ4n) is 5.67. The Morgan fingerprint density at radius 3 is 1.61 bits per heavy atom. The summed E-state index contributed by atoms with van der Waals surface area (Å²) < 4.78 is 3.78. The molecule has 1 saturated heterocycles. The van der Waals surface area contributed by atoms with Crippen molar-refractivity contribution in [2.24, 2.45) is 11.8 Å². The number of ether oxygens (including phenoxy) is 1. The van der Waals surface area contributed by atoms with Crippen LogP contribution in [0, 0.1) is 11.8 Å². The van der Waals surface area contributed by atoms with E-state index in [0.717, 1.165) is 22.3 Å². The second-order valence-corrected chi connectivity index (χ2v) is 10.7.